The summed E-state index contributed by atoms with van der Waals surface area (Å²) in [5.74, 6) is 0.286. The van der Waals surface area contributed by atoms with E-state index in [0.717, 1.165) is 17.5 Å². The van der Waals surface area contributed by atoms with Crippen molar-refractivity contribution in [2.45, 2.75) is 57.5 Å². The molecule has 0 spiro atoms. The van der Waals surface area contributed by atoms with Crippen LogP contribution in [0.4, 0.5) is 0 Å². The van der Waals surface area contributed by atoms with Gasteiger partial charge in [-0.3, -0.25) is 0 Å². The van der Waals surface area contributed by atoms with Gasteiger partial charge >= 0.3 is 0 Å². The van der Waals surface area contributed by atoms with Crippen molar-refractivity contribution in [3.8, 4) is 5.75 Å². The van der Waals surface area contributed by atoms with Gasteiger partial charge in [0.25, 0.3) is 0 Å². The van der Waals surface area contributed by atoms with Crippen molar-refractivity contribution in [2.24, 2.45) is 0 Å². The number of aromatic nitrogens is 3. The van der Waals surface area contributed by atoms with E-state index in [9.17, 15) is 20.4 Å². The number of fused-ring (bicyclic) bond motifs is 1. The van der Waals surface area contributed by atoms with Crippen LogP contribution in [0.2, 0.25) is 0 Å². The van der Waals surface area contributed by atoms with Gasteiger partial charge in [-0.1, -0.05) is 36.4 Å². The highest BCUT2D eigenvalue weighted by Gasteiger charge is 2.45. The van der Waals surface area contributed by atoms with Crippen LogP contribution in [0.1, 0.15) is 23.6 Å². The Kier molecular flexibility index (Phi) is 6.70. The van der Waals surface area contributed by atoms with E-state index in [-0.39, 0.29) is 5.75 Å². The summed E-state index contributed by atoms with van der Waals surface area (Å²) < 4.78 is 6.77. The molecule has 172 valence electrons. The Morgan fingerprint density at radius 3 is 2.47 bits per heavy atom. The van der Waals surface area contributed by atoms with Crippen LogP contribution in [-0.4, -0.2) is 72.7 Å². The summed E-state index contributed by atoms with van der Waals surface area (Å²) in [6.07, 6.45) is -6.16. The molecule has 1 aliphatic rings. The number of aryl methyl sites for hydroxylation is 2. The minimum Gasteiger partial charge on any atom is -0.394 e. The maximum atomic E-state index is 10.3. The number of nitrogens with zero attached hydrogens (tertiary/aromatic N) is 3. The van der Waals surface area contributed by atoms with Crippen molar-refractivity contribution in [3.63, 3.8) is 0 Å². The maximum absolute atomic E-state index is 10.3. The van der Waals surface area contributed by atoms with Gasteiger partial charge in [-0.15, -0.1) is 5.10 Å². The van der Waals surface area contributed by atoms with E-state index >= 15 is 0 Å². The Morgan fingerprint density at radius 2 is 1.78 bits per heavy atom. The molecule has 1 unspecified atom stereocenters. The van der Waals surface area contributed by atoms with Crippen molar-refractivity contribution < 1.29 is 34.9 Å². The molecule has 0 saturated carbocycles. The Balaban J connectivity index is 1.57. The van der Waals surface area contributed by atoms with Gasteiger partial charge in [-0.25, -0.2) is 4.68 Å². The molecule has 0 radical (unpaired) electrons. The molecule has 0 aliphatic carbocycles. The molecule has 3 aromatic rings. The smallest absolute Gasteiger partial charge is 0.193 e. The monoisotopic (exact) mass is 445 g/mol. The Morgan fingerprint density at radius 1 is 1.06 bits per heavy atom. The second-order valence-electron chi connectivity index (χ2n) is 7.92. The highest BCUT2D eigenvalue weighted by Crippen LogP contribution is 2.29. The number of benzene rings is 2. The lowest BCUT2D eigenvalue weighted by molar-refractivity contribution is -0.364. The summed E-state index contributed by atoms with van der Waals surface area (Å²) in [4.78, 5) is 10.8. The third-order valence-corrected chi connectivity index (χ3v) is 5.57. The third-order valence-electron chi connectivity index (χ3n) is 5.57. The van der Waals surface area contributed by atoms with Gasteiger partial charge in [0.15, 0.2) is 18.1 Å². The van der Waals surface area contributed by atoms with E-state index in [0.29, 0.717) is 17.6 Å². The molecular weight excluding hydrogens is 418 g/mol. The average molecular weight is 445 g/mol. The lowest BCUT2D eigenvalue weighted by atomic mass is 9.99. The lowest BCUT2D eigenvalue weighted by Gasteiger charge is -2.38. The van der Waals surface area contributed by atoms with Gasteiger partial charge in [-0.05, 0) is 42.2 Å². The van der Waals surface area contributed by atoms with Crippen LogP contribution < -0.4 is 4.89 Å². The van der Waals surface area contributed by atoms with Crippen LogP contribution >= 0.6 is 0 Å². The number of hydrogen-bond donors (Lipinski definition) is 4. The van der Waals surface area contributed by atoms with E-state index in [1.165, 1.54) is 5.56 Å². The predicted octanol–water partition coefficient (Wildman–Crippen LogP) is 0.461. The van der Waals surface area contributed by atoms with Crippen LogP contribution in [0.25, 0.3) is 11.0 Å². The molecule has 32 heavy (non-hydrogen) atoms. The number of ether oxygens (including phenoxy) is 1. The molecule has 2 aromatic carbocycles. The second-order valence-corrected chi connectivity index (χ2v) is 7.92. The Hall–Kier alpha value is -2.60. The first-order valence-corrected chi connectivity index (χ1v) is 10.5. The number of rotatable bonds is 7. The van der Waals surface area contributed by atoms with Crippen LogP contribution in [0.3, 0.4) is 0 Å². The molecular formula is C22H27N3O7. The van der Waals surface area contributed by atoms with Crippen LogP contribution in [-0.2, 0) is 22.6 Å². The summed E-state index contributed by atoms with van der Waals surface area (Å²) in [6.45, 7) is 3.85. The van der Waals surface area contributed by atoms with E-state index < -0.39 is 37.3 Å². The summed E-state index contributed by atoms with van der Waals surface area (Å²) in [5.41, 5.74) is 4.28. The predicted molar refractivity (Wildman–Crippen MR) is 113 cm³/mol. The molecule has 1 aromatic heterocycles. The van der Waals surface area contributed by atoms with Crippen LogP contribution in [0.15, 0.2) is 36.4 Å². The Labute approximate surface area is 184 Å². The number of aliphatic hydroxyl groups is 4. The lowest BCUT2D eigenvalue weighted by Crippen LogP contribution is -2.59. The molecule has 4 rings (SSSR count). The fourth-order valence-corrected chi connectivity index (χ4v) is 3.72. The quantitative estimate of drug-likeness (QED) is 0.302. The minimum absolute atomic E-state index is 0.286. The molecule has 1 aliphatic heterocycles. The fourth-order valence-electron chi connectivity index (χ4n) is 3.72. The number of hydrogen-bond acceptors (Lipinski definition) is 9. The largest absolute Gasteiger partial charge is 0.394 e. The normalized spacial score (nSPS) is 25.9. The summed E-state index contributed by atoms with van der Waals surface area (Å²) in [6, 6.07) is 11.8. The van der Waals surface area contributed by atoms with Gasteiger partial charge in [0, 0.05) is 0 Å². The highest BCUT2D eigenvalue weighted by atomic mass is 17.2. The summed E-state index contributed by atoms with van der Waals surface area (Å²) in [5, 5.41) is 48.1. The molecule has 1 saturated heterocycles. The highest BCUT2D eigenvalue weighted by molar-refractivity contribution is 5.82. The van der Waals surface area contributed by atoms with Crippen molar-refractivity contribution in [3.05, 3.63) is 53.1 Å². The molecule has 10 heteroatoms. The topological polar surface area (TPSA) is 139 Å². The minimum atomic E-state index is -1.61. The Bertz CT molecular complexity index is 1060. The van der Waals surface area contributed by atoms with Gasteiger partial charge in [-0.2, -0.15) is 4.89 Å². The van der Waals surface area contributed by atoms with Crippen LogP contribution in [0, 0.1) is 6.92 Å². The van der Waals surface area contributed by atoms with E-state index in [1.807, 2.05) is 25.1 Å². The van der Waals surface area contributed by atoms with Crippen molar-refractivity contribution in [1.29, 1.82) is 0 Å². The van der Waals surface area contributed by atoms with Gasteiger partial charge < -0.3 is 30.1 Å². The van der Waals surface area contributed by atoms with Gasteiger partial charge in [0.2, 0.25) is 0 Å². The van der Waals surface area contributed by atoms with Gasteiger partial charge in [0.05, 0.1) is 13.2 Å². The second kappa shape index (κ2) is 9.49. The molecule has 10 nitrogen and oxygen atoms in total. The average Bonchev–Trinajstić information content (AvgIpc) is 3.18. The maximum Gasteiger partial charge on any atom is 0.193 e. The van der Waals surface area contributed by atoms with Crippen molar-refractivity contribution in [2.75, 3.05) is 6.61 Å². The molecule has 0 amide bonds. The molecule has 1 fully saturated rings. The SMILES string of the molecule is CCc1ccc(Cn2nnc3cc(C)cc(OO[C@H]4C(O)O[C@H](CO)[C@@H](O)[C@@H]4O)c32)cc1. The van der Waals surface area contributed by atoms with Crippen molar-refractivity contribution in [1.82, 2.24) is 15.0 Å². The van der Waals surface area contributed by atoms with E-state index in [2.05, 4.69) is 29.4 Å². The van der Waals surface area contributed by atoms with E-state index in [4.69, 9.17) is 14.5 Å². The molecule has 5 atom stereocenters. The fraction of sp³-hybridized carbons (Fsp3) is 0.455. The zero-order chi connectivity index (χ0) is 22.8. The van der Waals surface area contributed by atoms with Crippen molar-refractivity contribution >= 4 is 11.0 Å². The summed E-state index contributed by atoms with van der Waals surface area (Å²) in [7, 11) is 0. The zero-order valence-corrected chi connectivity index (χ0v) is 17.8. The molecule has 0 bridgehead atoms. The van der Waals surface area contributed by atoms with Crippen LogP contribution in [0.5, 0.6) is 5.75 Å². The molecule has 4 N–H and O–H groups in total. The number of aliphatic hydroxyl groups excluding tert-OH is 4. The molecule has 2 heterocycles. The van der Waals surface area contributed by atoms with E-state index in [1.54, 1.807) is 10.7 Å². The van der Waals surface area contributed by atoms with Gasteiger partial charge in [0.1, 0.15) is 29.3 Å². The first kappa shape index (κ1) is 22.6. The third kappa shape index (κ3) is 4.46. The standard InChI is InChI=1S/C22H27N3O7/c1-3-13-4-6-14(7-5-13)10-25-18-15(23-24-25)8-12(2)9-16(18)31-32-21-20(28)19(27)17(11-26)30-22(21)29/h4-9,17,19-22,26-29H,3,10-11H2,1-2H3/t17-,19-,20+,21-,22?/m1/s1. The first-order chi connectivity index (χ1) is 15.4. The zero-order valence-electron chi connectivity index (χ0n) is 17.8. The summed E-state index contributed by atoms with van der Waals surface area (Å²) >= 11 is 0. The first-order valence-electron chi connectivity index (χ1n) is 10.5.